The van der Waals surface area contributed by atoms with Gasteiger partial charge in [0.15, 0.2) is 0 Å². The van der Waals surface area contributed by atoms with Crippen LogP contribution in [-0.4, -0.2) is 24.3 Å². The molecule has 1 amide bonds. The average molecular weight is 414 g/mol. The molecule has 11 heteroatoms. The van der Waals surface area contributed by atoms with E-state index in [1.54, 1.807) is 25.1 Å². The van der Waals surface area contributed by atoms with E-state index in [9.17, 15) is 18.0 Å². The van der Waals surface area contributed by atoms with Crippen molar-refractivity contribution in [1.29, 1.82) is 0 Å². The molecule has 0 radical (unpaired) electrons. The number of benzene rings is 2. The number of nitrogens with zero attached hydrogens (tertiary/aromatic N) is 1. The maximum atomic E-state index is 12.0. The number of nitrogens with one attached hydrogen (secondary N) is 3. The van der Waals surface area contributed by atoms with Crippen molar-refractivity contribution in [3.05, 3.63) is 70.0 Å². The van der Waals surface area contributed by atoms with Gasteiger partial charge < -0.3 is 16.4 Å². The maximum absolute atomic E-state index is 12.0. The number of H-pyrrole nitrogens is 1. The van der Waals surface area contributed by atoms with Crippen molar-refractivity contribution >= 4 is 39.1 Å². The van der Waals surface area contributed by atoms with Gasteiger partial charge in [-0.2, -0.15) is 4.98 Å². The number of primary amides is 1. The van der Waals surface area contributed by atoms with Crippen LogP contribution in [0.15, 0.2) is 58.2 Å². The number of amides is 1. The van der Waals surface area contributed by atoms with Crippen LogP contribution < -0.4 is 27.1 Å². The van der Waals surface area contributed by atoms with Crippen LogP contribution in [0.25, 0.3) is 0 Å². The molecule has 2 aromatic carbocycles. The van der Waals surface area contributed by atoms with E-state index in [1.807, 2.05) is 0 Å². The Balaban J connectivity index is 1.85. The monoisotopic (exact) mass is 414 g/mol. The standard InChI is InChI=1S/C18H18N6O4S/c1-10-6-11(17(19)26)8-13(7-10)21-15-9-16(25)24-18(23-15)22-12-2-4-14(5-3-12)29(20,27)28/h2-9H,1H3,(H2,19,26)(H2,20,27,28)(H3,21,22,23,24,25). The van der Waals surface area contributed by atoms with E-state index in [0.717, 1.165) is 5.56 Å². The molecule has 3 rings (SSSR count). The first-order valence-electron chi connectivity index (χ1n) is 8.30. The first-order chi connectivity index (χ1) is 13.6. The van der Waals surface area contributed by atoms with Crippen molar-refractivity contribution < 1.29 is 13.2 Å². The number of aromatic nitrogens is 2. The number of carbonyl (C=O) groups is 1. The topological polar surface area (TPSA) is 173 Å². The number of rotatable bonds is 6. The lowest BCUT2D eigenvalue weighted by Crippen LogP contribution is -2.13. The van der Waals surface area contributed by atoms with Crippen LogP contribution in [0.1, 0.15) is 15.9 Å². The predicted molar refractivity (Wildman–Crippen MR) is 109 cm³/mol. The van der Waals surface area contributed by atoms with E-state index in [0.29, 0.717) is 16.9 Å². The summed E-state index contributed by atoms with van der Waals surface area (Å²) >= 11 is 0. The van der Waals surface area contributed by atoms with Gasteiger partial charge in [0.05, 0.1) is 4.90 Å². The van der Waals surface area contributed by atoms with E-state index in [1.165, 1.54) is 30.3 Å². The first-order valence-corrected chi connectivity index (χ1v) is 9.84. The van der Waals surface area contributed by atoms with Crippen molar-refractivity contribution in [2.24, 2.45) is 10.9 Å². The smallest absolute Gasteiger partial charge is 0.254 e. The second-order valence-corrected chi connectivity index (χ2v) is 7.81. The number of sulfonamides is 1. The molecule has 0 unspecified atom stereocenters. The van der Waals surface area contributed by atoms with E-state index in [2.05, 4.69) is 20.6 Å². The minimum absolute atomic E-state index is 0.0374. The van der Waals surface area contributed by atoms with Crippen LogP contribution >= 0.6 is 0 Å². The Hall–Kier alpha value is -3.70. The van der Waals surface area contributed by atoms with Gasteiger partial charge in [-0.05, 0) is 55.0 Å². The molecule has 0 saturated heterocycles. The largest absolute Gasteiger partial charge is 0.366 e. The number of nitrogens with two attached hydrogens (primary N) is 2. The molecule has 0 bridgehead atoms. The zero-order valence-electron chi connectivity index (χ0n) is 15.3. The Bertz CT molecular complexity index is 1240. The molecule has 0 atom stereocenters. The number of hydrogen-bond acceptors (Lipinski definition) is 7. The molecule has 0 fully saturated rings. The number of carbonyl (C=O) groups excluding carboxylic acids is 1. The Morgan fingerprint density at radius 2 is 1.72 bits per heavy atom. The summed E-state index contributed by atoms with van der Waals surface area (Å²) < 4.78 is 22.6. The third-order valence-corrected chi connectivity index (χ3v) is 4.75. The summed E-state index contributed by atoms with van der Waals surface area (Å²) in [5.41, 5.74) is 7.07. The number of aryl methyl sites for hydroxylation is 1. The van der Waals surface area contributed by atoms with Crippen molar-refractivity contribution in [1.82, 2.24) is 9.97 Å². The Morgan fingerprint density at radius 1 is 1.03 bits per heavy atom. The lowest BCUT2D eigenvalue weighted by molar-refractivity contribution is 0.1000. The Labute approximate surface area is 166 Å². The van der Waals surface area contributed by atoms with Crippen molar-refractivity contribution in [3.63, 3.8) is 0 Å². The fourth-order valence-corrected chi connectivity index (χ4v) is 3.11. The molecule has 29 heavy (non-hydrogen) atoms. The molecule has 0 aliphatic rings. The Morgan fingerprint density at radius 3 is 2.34 bits per heavy atom. The summed E-state index contributed by atoms with van der Waals surface area (Å²) in [6.45, 7) is 1.81. The van der Waals surface area contributed by atoms with Gasteiger partial charge in [0, 0.05) is 23.0 Å². The zero-order valence-corrected chi connectivity index (χ0v) is 16.1. The van der Waals surface area contributed by atoms with Gasteiger partial charge >= 0.3 is 0 Å². The molecule has 7 N–H and O–H groups in total. The zero-order chi connectivity index (χ0) is 21.2. The van der Waals surface area contributed by atoms with Crippen molar-refractivity contribution in [2.45, 2.75) is 11.8 Å². The summed E-state index contributed by atoms with van der Waals surface area (Å²) in [7, 11) is -3.80. The number of aromatic amines is 1. The second kappa shape index (κ2) is 7.73. The van der Waals surface area contributed by atoms with E-state index in [4.69, 9.17) is 10.9 Å². The maximum Gasteiger partial charge on any atom is 0.254 e. The Kier molecular flexibility index (Phi) is 5.35. The van der Waals surface area contributed by atoms with Gasteiger partial charge in [0.25, 0.3) is 5.56 Å². The minimum Gasteiger partial charge on any atom is -0.366 e. The lowest BCUT2D eigenvalue weighted by atomic mass is 10.1. The van der Waals surface area contributed by atoms with E-state index < -0.39 is 21.5 Å². The summed E-state index contributed by atoms with van der Waals surface area (Å²) in [5, 5.41) is 10.9. The first kappa shape index (κ1) is 20.0. The van der Waals surface area contributed by atoms with Crippen LogP contribution in [-0.2, 0) is 10.0 Å². The molecule has 10 nitrogen and oxygen atoms in total. The van der Waals surface area contributed by atoms with Gasteiger partial charge in [-0.15, -0.1) is 0 Å². The van der Waals surface area contributed by atoms with Crippen LogP contribution in [0.5, 0.6) is 0 Å². The minimum atomic E-state index is -3.80. The predicted octanol–water partition coefficient (Wildman–Crippen LogP) is 1.31. The van der Waals surface area contributed by atoms with Gasteiger partial charge in [-0.1, -0.05) is 0 Å². The molecule has 1 heterocycles. The van der Waals surface area contributed by atoms with Gasteiger partial charge in [0.1, 0.15) is 5.82 Å². The highest BCUT2D eigenvalue weighted by Crippen LogP contribution is 2.20. The number of primary sulfonamides is 1. The van der Waals surface area contributed by atoms with Gasteiger partial charge in [-0.3, -0.25) is 14.6 Å². The van der Waals surface area contributed by atoms with Crippen LogP contribution in [0, 0.1) is 6.92 Å². The van der Waals surface area contributed by atoms with Crippen LogP contribution in [0.4, 0.5) is 23.1 Å². The molecular formula is C18H18N6O4S. The van der Waals surface area contributed by atoms with E-state index in [-0.39, 0.29) is 16.7 Å². The molecule has 0 aliphatic carbocycles. The fraction of sp³-hybridized carbons (Fsp3) is 0.0556. The van der Waals surface area contributed by atoms with Crippen molar-refractivity contribution in [3.8, 4) is 0 Å². The quantitative estimate of drug-likeness (QED) is 0.404. The normalized spacial score (nSPS) is 11.1. The molecular weight excluding hydrogens is 396 g/mol. The number of hydrogen-bond donors (Lipinski definition) is 5. The molecule has 150 valence electrons. The summed E-state index contributed by atoms with van der Waals surface area (Å²) in [4.78, 5) is 30.2. The SMILES string of the molecule is Cc1cc(Nc2cc(=O)[nH]c(Nc3ccc(S(N)(=O)=O)cc3)n2)cc(C(N)=O)c1. The lowest BCUT2D eigenvalue weighted by Gasteiger charge is -2.10. The summed E-state index contributed by atoms with van der Waals surface area (Å²) in [6.07, 6.45) is 0. The van der Waals surface area contributed by atoms with Crippen LogP contribution in [0.2, 0.25) is 0 Å². The second-order valence-electron chi connectivity index (χ2n) is 6.25. The van der Waals surface area contributed by atoms with Crippen molar-refractivity contribution in [2.75, 3.05) is 10.6 Å². The number of anilines is 4. The summed E-state index contributed by atoms with van der Waals surface area (Å²) in [5.74, 6) is -0.203. The molecule has 0 spiro atoms. The highest BCUT2D eigenvalue weighted by Gasteiger charge is 2.09. The summed E-state index contributed by atoms with van der Waals surface area (Å²) in [6, 6.07) is 11.9. The molecule has 0 saturated carbocycles. The highest BCUT2D eigenvalue weighted by atomic mass is 32.2. The fourth-order valence-electron chi connectivity index (χ4n) is 2.59. The highest BCUT2D eigenvalue weighted by molar-refractivity contribution is 7.89. The van der Waals surface area contributed by atoms with Gasteiger partial charge in [-0.25, -0.2) is 13.6 Å². The molecule has 1 aromatic heterocycles. The third-order valence-electron chi connectivity index (χ3n) is 3.82. The third kappa shape index (κ3) is 5.18. The molecule has 0 aliphatic heterocycles. The average Bonchev–Trinajstić information content (AvgIpc) is 2.60. The van der Waals surface area contributed by atoms with Crippen LogP contribution in [0.3, 0.4) is 0 Å². The molecule has 3 aromatic rings. The van der Waals surface area contributed by atoms with E-state index >= 15 is 0 Å². The van der Waals surface area contributed by atoms with Gasteiger partial charge in [0.2, 0.25) is 21.9 Å².